The Morgan fingerprint density at radius 2 is 1.79 bits per heavy atom. The maximum Gasteiger partial charge on any atom is 0.254 e. The number of ether oxygens (including phenoxy) is 1. The van der Waals surface area contributed by atoms with Crippen LogP contribution in [0.1, 0.15) is 5.89 Å². The van der Waals surface area contributed by atoms with Gasteiger partial charge in [0.2, 0.25) is 5.89 Å². The summed E-state index contributed by atoms with van der Waals surface area (Å²) >= 11 is 3.40. The van der Waals surface area contributed by atoms with Crippen LogP contribution in [0.2, 0.25) is 0 Å². The van der Waals surface area contributed by atoms with Crippen molar-refractivity contribution in [1.29, 1.82) is 0 Å². The van der Waals surface area contributed by atoms with Gasteiger partial charge in [0.1, 0.15) is 11.3 Å². The molecule has 4 rings (SSSR count). The van der Waals surface area contributed by atoms with E-state index in [0.29, 0.717) is 17.5 Å². The second-order valence-corrected chi connectivity index (χ2v) is 6.04. The molecule has 24 heavy (non-hydrogen) atoms. The molecule has 6 heteroatoms. The van der Waals surface area contributed by atoms with E-state index in [2.05, 4.69) is 31.1 Å². The molecule has 0 unspecified atom stereocenters. The van der Waals surface area contributed by atoms with E-state index in [1.807, 2.05) is 54.6 Å². The fourth-order valence-corrected chi connectivity index (χ4v) is 2.62. The van der Waals surface area contributed by atoms with E-state index in [4.69, 9.17) is 9.15 Å². The third kappa shape index (κ3) is 3.00. The first-order valence-electron chi connectivity index (χ1n) is 7.34. The minimum absolute atomic E-state index is 0.194. The molecule has 0 bridgehead atoms. The maximum absolute atomic E-state index is 5.81. The average molecular weight is 382 g/mol. The molecule has 0 spiro atoms. The van der Waals surface area contributed by atoms with Crippen LogP contribution in [0, 0.1) is 0 Å². The summed E-state index contributed by atoms with van der Waals surface area (Å²) in [5, 5.41) is 9.12. The zero-order chi connectivity index (χ0) is 16.4. The van der Waals surface area contributed by atoms with Gasteiger partial charge < -0.3 is 9.15 Å². The summed E-state index contributed by atoms with van der Waals surface area (Å²) in [5.74, 6) is 1.58. The molecule has 0 N–H and O–H groups in total. The second kappa shape index (κ2) is 6.41. The van der Waals surface area contributed by atoms with Crippen LogP contribution in [0.15, 0.2) is 69.7 Å². The third-order valence-electron chi connectivity index (χ3n) is 3.50. The highest BCUT2D eigenvalue weighted by molar-refractivity contribution is 9.10. The van der Waals surface area contributed by atoms with Crippen molar-refractivity contribution in [2.24, 2.45) is 0 Å². The van der Waals surface area contributed by atoms with Gasteiger partial charge in [-0.2, -0.15) is 0 Å². The van der Waals surface area contributed by atoms with Crippen molar-refractivity contribution in [3.63, 3.8) is 0 Å². The highest BCUT2D eigenvalue weighted by atomic mass is 79.9. The molecular formula is C18H12BrN3O2. The molecule has 0 aliphatic heterocycles. The summed E-state index contributed by atoms with van der Waals surface area (Å²) in [6, 6.07) is 17.4. The molecule has 2 aromatic heterocycles. The molecule has 2 heterocycles. The number of fused-ring (bicyclic) bond motifs is 1. The van der Waals surface area contributed by atoms with Crippen molar-refractivity contribution in [3.05, 3.63) is 71.2 Å². The molecule has 118 valence electrons. The predicted molar refractivity (Wildman–Crippen MR) is 93.5 cm³/mol. The predicted octanol–water partition coefficient (Wildman–Crippen LogP) is 4.63. The van der Waals surface area contributed by atoms with Gasteiger partial charge in [-0.3, -0.25) is 4.98 Å². The molecule has 0 aliphatic carbocycles. The summed E-state index contributed by atoms with van der Waals surface area (Å²) in [5.41, 5.74) is 1.68. The Hall–Kier alpha value is -2.73. The Morgan fingerprint density at radius 3 is 2.67 bits per heavy atom. The zero-order valence-corrected chi connectivity index (χ0v) is 14.1. The van der Waals surface area contributed by atoms with Gasteiger partial charge in [0.25, 0.3) is 5.89 Å². The van der Waals surface area contributed by atoms with E-state index < -0.39 is 0 Å². The molecule has 0 saturated heterocycles. The molecule has 0 aliphatic rings. The summed E-state index contributed by atoms with van der Waals surface area (Å²) < 4.78 is 12.5. The molecule has 5 nitrogen and oxygen atoms in total. The standard InChI is InChI=1S/C18H12BrN3O2/c19-14-8-6-13(7-9-14)18-22-21-16(24-18)11-23-15-5-1-3-12-4-2-10-20-17(12)15/h1-10H,11H2. The Balaban J connectivity index is 1.53. The highest BCUT2D eigenvalue weighted by Gasteiger charge is 2.10. The monoisotopic (exact) mass is 381 g/mol. The minimum atomic E-state index is 0.194. The third-order valence-corrected chi connectivity index (χ3v) is 4.03. The number of nitrogens with zero attached hydrogens (tertiary/aromatic N) is 3. The summed E-state index contributed by atoms with van der Waals surface area (Å²) in [7, 11) is 0. The fourth-order valence-electron chi connectivity index (χ4n) is 2.35. The van der Waals surface area contributed by atoms with E-state index in [1.165, 1.54) is 0 Å². The normalized spacial score (nSPS) is 10.9. The molecule has 0 atom stereocenters. The first-order valence-corrected chi connectivity index (χ1v) is 8.14. The highest BCUT2D eigenvalue weighted by Crippen LogP contribution is 2.25. The number of rotatable bonds is 4. The molecule has 0 amide bonds. The van der Waals surface area contributed by atoms with Crippen molar-refractivity contribution in [1.82, 2.24) is 15.2 Å². The number of hydrogen-bond donors (Lipinski definition) is 0. The number of pyridine rings is 1. The zero-order valence-electron chi connectivity index (χ0n) is 12.5. The van der Waals surface area contributed by atoms with Crippen molar-refractivity contribution in [2.75, 3.05) is 0 Å². The van der Waals surface area contributed by atoms with Crippen LogP contribution in [0.3, 0.4) is 0 Å². The number of para-hydroxylation sites is 1. The summed E-state index contributed by atoms with van der Waals surface area (Å²) in [6.45, 7) is 0.194. The smallest absolute Gasteiger partial charge is 0.254 e. The van der Waals surface area contributed by atoms with Gasteiger partial charge >= 0.3 is 0 Å². The van der Waals surface area contributed by atoms with E-state index in [0.717, 1.165) is 20.9 Å². The quantitative estimate of drug-likeness (QED) is 0.515. The molecule has 0 radical (unpaired) electrons. The lowest BCUT2D eigenvalue weighted by atomic mass is 10.2. The first kappa shape index (κ1) is 14.8. The van der Waals surface area contributed by atoms with Crippen molar-refractivity contribution >= 4 is 26.8 Å². The Kier molecular flexibility index (Phi) is 3.96. The van der Waals surface area contributed by atoms with Crippen molar-refractivity contribution in [3.8, 4) is 17.2 Å². The van der Waals surface area contributed by atoms with E-state index in [9.17, 15) is 0 Å². The van der Waals surface area contributed by atoms with Gasteiger partial charge in [0.05, 0.1) is 0 Å². The van der Waals surface area contributed by atoms with Crippen LogP contribution in [0.4, 0.5) is 0 Å². The van der Waals surface area contributed by atoms with E-state index >= 15 is 0 Å². The van der Waals surface area contributed by atoms with Gasteiger partial charge in [-0.15, -0.1) is 10.2 Å². The number of halogens is 1. The number of benzene rings is 2. The lowest BCUT2D eigenvalue weighted by molar-refractivity contribution is 0.267. The lowest BCUT2D eigenvalue weighted by Crippen LogP contribution is -1.97. The van der Waals surface area contributed by atoms with Gasteiger partial charge in [-0.05, 0) is 36.4 Å². The molecule has 0 fully saturated rings. The largest absolute Gasteiger partial charge is 0.482 e. The van der Waals surface area contributed by atoms with Crippen molar-refractivity contribution < 1.29 is 9.15 Å². The summed E-state index contributed by atoms with van der Waals surface area (Å²) in [4.78, 5) is 4.36. The lowest BCUT2D eigenvalue weighted by Gasteiger charge is -2.06. The van der Waals surface area contributed by atoms with Crippen LogP contribution in [-0.4, -0.2) is 15.2 Å². The minimum Gasteiger partial charge on any atom is -0.482 e. The average Bonchev–Trinajstić information content (AvgIpc) is 3.09. The van der Waals surface area contributed by atoms with Gasteiger partial charge in [-0.1, -0.05) is 34.1 Å². The van der Waals surface area contributed by atoms with Crippen LogP contribution in [0.25, 0.3) is 22.4 Å². The maximum atomic E-state index is 5.81. The Labute approximate surface area is 146 Å². The van der Waals surface area contributed by atoms with Crippen molar-refractivity contribution in [2.45, 2.75) is 6.61 Å². The molecule has 4 aromatic rings. The van der Waals surface area contributed by atoms with Gasteiger partial charge in [0.15, 0.2) is 6.61 Å². The number of aromatic nitrogens is 3. The van der Waals surface area contributed by atoms with Gasteiger partial charge in [-0.25, -0.2) is 0 Å². The van der Waals surface area contributed by atoms with E-state index in [1.54, 1.807) is 6.20 Å². The first-order chi connectivity index (χ1) is 11.8. The molecule has 2 aromatic carbocycles. The van der Waals surface area contributed by atoms with E-state index in [-0.39, 0.29) is 6.61 Å². The van der Waals surface area contributed by atoms with Crippen LogP contribution >= 0.6 is 15.9 Å². The topological polar surface area (TPSA) is 61.0 Å². The molecular weight excluding hydrogens is 370 g/mol. The van der Waals surface area contributed by atoms with Crippen LogP contribution in [-0.2, 0) is 6.61 Å². The summed E-state index contributed by atoms with van der Waals surface area (Å²) in [6.07, 6.45) is 1.74. The van der Waals surface area contributed by atoms with Crippen LogP contribution < -0.4 is 4.74 Å². The Morgan fingerprint density at radius 1 is 0.958 bits per heavy atom. The number of hydrogen-bond acceptors (Lipinski definition) is 5. The fraction of sp³-hybridized carbons (Fsp3) is 0.0556. The molecule has 0 saturated carbocycles. The second-order valence-electron chi connectivity index (χ2n) is 5.13. The van der Waals surface area contributed by atoms with Crippen LogP contribution in [0.5, 0.6) is 5.75 Å². The SMILES string of the molecule is Brc1ccc(-c2nnc(COc3cccc4cccnc34)o2)cc1. The van der Waals surface area contributed by atoms with Gasteiger partial charge in [0, 0.05) is 21.6 Å². The Bertz CT molecular complexity index is 978.